The summed E-state index contributed by atoms with van der Waals surface area (Å²) in [6.45, 7) is 4.45. The van der Waals surface area contributed by atoms with Gasteiger partial charge in [0.25, 0.3) is 0 Å². The molecule has 6 rings (SSSR count). The summed E-state index contributed by atoms with van der Waals surface area (Å²) in [5.74, 6) is 2.48. The lowest BCUT2D eigenvalue weighted by molar-refractivity contribution is 0.237. The molecule has 1 atom stereocenters. The Bertz CT molecular complexity index is 1260. The van der Waals surface area contributed by atoms with E-state index >= 15 is 0 Å². The Morgan fingerprint density at radius 2 is 1.57 bits per heavy atom. The first kappa shape index (κ1) is 21.9. The normalized spacial score (nSPS) is 19.1. The van der Waals surface area contributed by atoms with Gasteiger partial charge in [-0.05, 0) is 73.5 Å². The van der Waals surface area contributed by atoms with E-state index in [0.29, 0.717) is 31.1 Å². The molecule has 1 fully saturated rings. The SMILES string of the molecule is Oc1ccc2c(c1)O[C@H](c1ccc(OCCN3CCCC3)cc1)C1=C2CCOc2cc(O)ccc21. The third kappa shape index (κ3) is 4.30. The van der Waals surface area contributed by atoms with Crippen LogP contribution in [0.2, 0.25) is 0 Å². The van der Waals surface area contributed by atoms with E-state index in [1.54, 1.807) is 24.3 Å². The molecule has 0 radical (unpaired) electrons. The van der Waals surface area contributed by atoms with Gasteiger partial charge in [0, 0.05) is 41.8 Å². The smallest absolute Gasteiger partial charge is 0.150 e. The molecular formula is C29H29NO5. The summed E-state index contributed by atoms with van der Waals surface area (Å²) >= 11 is 0. The fourth-order valence-corrected chi connectivity index (χ4v) is 5.31. The molecule has 0 spiro atoms. The van der Waals surface area contributed by atoms with Crippen LogP contribution in [0.4, 0.5) is 0 Å². The predicted molar refractivity (Wildman–Crippen MR) is 134 cm³/mol. The van der Waals surface area contributed by atoms with Gasteiger partial charge in [-0.15, -0.1) is 0 Å². The lowest BCUT2D eigenvalue weighted by atomic mass is 9.84. The Balaban J connectivity index is 1.34. The Kier molecular flexibility index (Phi) is 5.74. The van der Waals surface area contributed by atoms with Gasteiger partial charge in [0.2, 0.25) is 0 Å². The zero-order valence-electron chi connectivity index (χ0n) is 19.6. The third-order valence-electron chi connectivity index (χ3n) is 7.05. The maximum absolute atomic E-state index is 10.1. The maximum Gasteiger partial charge on any atom is 0.150 e. The lowest BCUT2D eigenvalue weighted by Gasteiger charge is -2.31. The van der Waals surface area contributed by atoms with Crippen molar-refractivity contribution in [2.75, 3.05) is 32.8 Å². The number of fused-ring (bicyclic) bond motifs is 4. The standard InChI is InChI=1S/C29H29NO5/c31-20-6-10-25-26(17-20)34-15-11-24-23-9-5-21(32)18-27(23)35-29(28(24)25)19-3-7-22(8-4-19)33-16-14-30-12-1-2-13-30/h3-10,17-18,29,31-32H,1-2,11-16H2/t29-/m1/s1. The second kappa shape index (κ2) is 9.19. The average molecular weight is 472 g/mol. The highest BCUT2D eigenvalue weighted by molar-refractivity contribution is 5.98. The minimum atomic E-state index is -0.386. The molecule has 0 bridgehead atoms. The van der Waals surface area contributed by atoms with E-state index in [2.05, 4.69) is 4.90 Å². The zero-order chi connectivity index (χ0) is 23.8. The van der Waals surface area contributed by atoms with Crippen LogP contribution in [-0.4, -0.2) is 48.0 Å². The largest absolute Gasteiger partial charge is 0.508 e. The van der Waals surface area contributed by atoms with Crippen LogP contribution in [0, 0.1) is 0 Å². The van der Waals surface area contributed by atoms with Crippen molar-refractivity contribution in [1.82, 2.24) is 4.90 Å². The number of hydrogen-bond donors (Lipinski definition) is 2. The molecule has 0 amide bonds. The predicted octanol–water partition coefficient (Wildman–Crippen LogP) is 5.40. The van der Waals surface area contributed by atoms with Crippen LogP contribution in [0.5, 0.6) is 28.7 Å². The Labute approximate surface area is 205 Å². The number of hydrogen-bond acceptors (Lipinski definition) is 6. The fourth-order valence-electron chi connectivity index (χ4n) is 5.31. The summed E-state index contributed by atoms with van der Waals surface area (Å²) < 4.78 is 18.5. The first-order valence-corrected chi connectivity index (χ1v) is 12.3. The van der Waals surface area contributed by atoms with Gasteiger partial charge in [-0.3, -0.25) is 4.90 Å². The van der Waals surface area contributed by atoms with Crippen molar-refractivity contribution in [3.05, 3.63) is 77.4 Å². The van der Waals surface area contributed by atoms with Crippen molar-refractivity contribution in [2.45, 2.75) is 25.4 Å². The van der Waals surface area contributed by atoms with Gasteiger partial charge in [0.1, 0.15) is 41.5 Å². The molecule has 3 heterocycles. The fraction of sp³-hybridized carbons (Fsp3) is 0.310. The van der Waals surface area contributed by atoms with E-state index < -0.39 is 0 Å². The van der Waals surface area contributed by atoms with Gasteiger partial charge >= 0.3 is 0 Å². The molecule has 0 unspecified atom stereocenters. The molecule has 6 nitrogen and oxygen atoms in total. The summed E-state index contributed by atoms with van der Waals surface area (Å²) in [5, 5.41) is 20.2. The van der Waals surface area contributed by atoms with Crippen molar-refractivity contribution < 1.29 is 24.4 Å². The Morgan fingerprint density at radius 3 is 2.34 bits per heavy atom. The van der Waals surface area contributed by atoms with Crippen LogP contribution in [0.25, 0.3) is 11.1 Å². The van der Waals surface area contributed by atoms with Crippen molar-refractivity contribution in [1.29, 1.82) is 0 Å². The molecule has 35 heavy (non-hydrogen) atoms. The van der Waals surface area contributed by atoms with Crippen LogP contribution in [0.1, 0.15) is 42.1 Å². The molecule has 0 aromatic heterocycles. The summed E-state index contributed by atoms with van der Waals surface area (Å²) in [6, 6.07) is 18.6. The topological polar surface area (TPSA) is 71.4 Å². The second-order valence-corrected chi connectivity index (χ2v) is 9.32. The van der Waals surface area contributed by atoms with Gasteiger partial charge < -0.3 is 24.4 Å². The van der Waals surface area contributed by atoms with E-state index in [1.165, 1.54) is 25.9 Å². The summed E-state index contributed by atoms with van der Waals surface area (Å²) in [4.78, 5) is 2.44. The first-order valence-electron chi connectivity index (χ1n) is 12.3. The number of ether oxygens (including phenoxy) is 3. The van der Waals surface area contributed by atoms with E-state index in [0.717, 1.165) is 40.1 Å². The average Bonchev–Trinajstić information content (AvgIpc) is 3.31. The summed E-state index contributed by atoms with van der Waals surface area (Å²) in [7, 11) is 0. The number of phenolic OH excluding ortho intramolecular Hbond substituents is 2. The molecule has 0 saturated carbocycles. The Hall–Kier alpha value is -3.64. The van der Waals surface area contributed by atoms with Crippen molar-refractivity contribution in [3.63, 3.8) is 0 Å². The molecular weight excluding hydrogens is 442 g/mol. The highest BCUT2D eigenvalue weighted by atomic mass is 16.5. The molecule has 0 aliphatic carbocycles. The molecule has 2 N–H and O–H groups in total. The molecule has 1 saturated heterocycles. The highest BCUT2D eigenvalue weighted by Crippen LogP contribution is 2.51. The van der Waals surface area contributed by atoms with Crippen LogP contribution < -0.4 is 14.2 Å². The molecule has 3 aliphatic heterocycles. The van der Waals surface area contributed by atoms with E-state index in [4.69, 9.17) is 14.2 Å². The highest BCUT2D eigenvalue weighted by Gasteiger charge is 2.34. The number of rotatable bonds is 5. The van der Waals surface area contributed by atoms with Gasteiger partial charge in [-0.2, -0.15) is 0 Å². The van der Waals surface area contributed by atoms with E-state index in [-0.39, 0.29) is 17.6 Å². The number of phenols is 2. The maximum atomic E-state index is 10.1. The molecule has 6 heteroatoms. The number of aromatic hydroxyl groups is 2. The zero-order valence-corrected chi connectivity index (χ0v) is 19.6. The minimum absolute atomic E-state index is 0.168. The van der Waals surface area contributed by atoms with Crippen LogP contribution in [0.3, 0.4) is 0 Å². The summed E-state index contributed by atoms with van der Waals surface area (Å²) in [5.41, 5.74) is 5.01. The molecule has 3 aromatic rings. The Morgan fingerprint density at radius 1 is 0.857 bits per heavy atom. The van der Waals surface area contributed by atoms with Gasteiger partial charge in [0.15, 0.2) is 0 Å². The molecule has 180 valence electrons. The van der Waals surface area contributed by atoms with Gasteiger partial charge in [0.05, 0.1) is 6.61 Å². The molecule has 3 aliphatic rings. The second-order valence-electron chi connectivity index (χ2n) is 9.32. The third-order valence-corrected chi connectivity index (χ3v) is 7.05. The number of nitrogens with zero attached hydrogens (tertiary/aromatic N) is 1. The summed E-state index contributed by atoms with van der Waals surface area (Å²) in [6.07, 6.45) is 2.87. The van der Waals surface area contributed by atoms with Crippen LogP contribution in [-0.2, 0) is 0 Å². The number of likely N-dealkylation sites (tertiary alicyclic amines) is 1. The molecule has 3 aromatic carbocycles. The van der Waals surface area contributed by atoms with E-state index in [9.17, 15) is 10.2 Å². The van der Waals surface area contributed by atoms with Crippen molar-refractivity contribution in [2.24, 2.45) is 0 Å². The van der Waals surface area contributed by atoms with Crippen LogP contribution >= 0.6 is 0 Å². The van der Waals surface area contributed by atoms with E-state index in [1.807, 2.05) is 36.4 Å². The van der Waals surface area contributed by atoms with Crippen molar-refractivity contribution in [3.8, 4) is 28.7 Å². The van der Waals surface area contributed by atoms with Gasteiger partial charge in [-0.1, -0.05) is 12.1 Å². The lowest BCUT2D eigenvalue weighted by Crippen LogP contribution is -2.25. The quantitative estimate of drug-likeness (QED) is 0.519. The number of benzene rings is 3. The minimum Gasteiger partial charge on any atom is -0.508 e. The van der Waals surface area contributed by atoms with Gasteiger partial charge in [-0.25, -0.2) is 0 Å². The monoisotopic (exact) mass is 471 g/mol. The van der Waals surface area contributed by atoms with Crippen molar-refractivity contribution >= 4 is 11.1 Å². The van der Waals surface area contributed by atoms with Crippen LogP contribution in [0.15, 0.2) is 60.7 Å². The first-order chi connectivity index (χ1) is 17.2.